The molecule has 1 heterocycles. The number of rotatable bonds is 5. The number of likely N-dealkylation sites (tertiary alicyclic amines) is 1. The summed E-state index contributed by atoms with van der Waals surface area (Å²) in [7, 11) is 0. The molecule has 0 aromatic heterocycles. The summed E-state index contributed by atoms with van der Waals surface area (Å²) in [4.78, 5) is 40.1. The molecular weight excluding hydrogens is 396 g/mol. The molecule has 1 saturated heterocycles. The summed E-state index contributed by atoms with van der Waals surface area (Å²) in [5, 5.41) is 2.62. The Kier molecular flexibility index (Phi) is 7.23. The van der Waals surface area contributed by atoms with Gasteiger partial charge in [0.1, 0.15) is 24.3 Å². The fraction of sp³-hybridized carbons (Fsp3) is 0.625. The average molecular weight is 431 g/mol. The molecule has 7 heteroatoms. The molecule has 170 valence electrons. The van der Waals surface area contributed by atoms with E-state index < -0.39 is 23.8 Å². The normalized spacial score (nSPS) is 24.1. The second-order valence-corrected chi connectivity index (χ2v) is 9.57. The Morgan fingerprint density at radius 1 is 1.13 bits per heavy atom. The first-order valence-corrected chi connectivity index (χ1v) is 11.2. The minimum Gasteiger partial charge on any atom is -0.459 e. The number of hydrogen-bond acceptors (Lipinski definition) is 5. The Labute approximate surface area is 184 Å². The lowest BCUT2D eigenvalue weighted by Crippen LogP contribution is -2.54. The van der Waals surface area contributed by atoms with Crippen molar-refractivity contribution in [1.29, 1.82) is 0 Å². The predicted octanol–water partition coefficient (Wildman–Crippen LogP) is 3.80. The summed E-state index contributed by atoms with van der Waals surface area (Å²) in [6, 6.07) is 8.10. The van der Waals surface area contributed by atoms with Gasteiger partial charge >= 0.3 is 12.1 Å². The number of nitrogens with zero attached hydrogens (tertiary/aromatic N) is 1. The van der Waals surface area contributed by atoms with Crippen LogP contribution in [-0.4, -0.2) is 46.6 Å². The molecule has 3 rings (SSSR count). The van der Waals surface area contributed by atoms with Gasteiger partial charge in [0.2, 0.25) is 5.91 Å². The number of carbonyl (C=O) groups is 3. The maximum atomic E-state index is 13.3. The Morgan fingerprint density at radius 3 is 2.48 bits per heavy atom. The number of hydrogen-bond donors (Lipinski definition) is 1. The highest BCUT2D eigenvalue weighted by molar-refractivity contribution is 5.90. The van der Waals surface area contributed by atoms with Gasteiger partial charge in [0.15, 0.2) is 0 Å². The van der Waals surface area contributed by atoms with Crippen molar-refractivity contribution in [2.75, 3.05) is 0 Å². The Morgan fingerprint density at radius 2 is 1.81 bits per heavy atom. The van der Waals surface area contributed by atoms with Gasteiger partial charge in [0.05, 0.1) is 0 Å². The first-order valence-electron chi connectivity index (χ1n) is 11.2. The average Bonchev–Trinajstić information content (AvgIpc) is 3.10. The Hall–Kier alpha value is -2.57. The molecule has 1 aromatic rings. The van der Waals surface area contributed by atoms with Gasteiger partial charge in [-0.25, -0.2) is 9.59 Å². The van der Waals surface area contributed by atoms with E-state index in [0.717, 1.165) is 31.2 Å². The second kappa shape index (κ2) is 9.71. The van der Waals surface area contributed by atoms with Crippen LogP contribution in [-0.2, 0) is 25.7 Å². The molecule has 2 aliphatic rings. The molecule has 4 unspecified atom stereocenters. The summed E-state index contributed by atoms with van der Waals surface area (Å²) in [5.41, 5.74) is 0.253. The van der Waals surface area contributed by atoms with Crippen LogP contribution in [0.4, 0.5) is 4.79 Å². The molecule has 1 aliphatic carbocycles. The molecule has 0 radical (unpaired) electrons. The largest absolute Gasteiger partial charge is 0.459 e. The van der Waals surface area contributed by atoms with E-state index in [-0.39, 0.29) is 24.5 Å². The second-order valence-electron chi connectivity index (χ2n) is 9.57. The van der Waals surface area contributed by atoms with Crippen LogP contribution >= 0.6 is 0 Å². The first-order chi connectivity index (χ1) is 14.7. The number of fused-ring (bicyclic) bond motifs is 1. The van der Waals surface area contributed by atoms with Gasteiger partial charge in [-0.1, -0.05) is 43.2 Å². The maximum Gasteiger partial charge on any atom is 0.408 e. The molecule has 0 bridgehead atoms. The minimum absolute atomic E-state index is 0.0124. The highest BCUT2D eigenvalue weighted by atomic mass is 16.6. The summed E-state index contributed by atoms with van der Waals surface area (Å²) in [6.07, 6.45) is 3.99. The van der Waals surface area contributed by atoms with Crippen LogP contribution in [0.25, 0.3) is 0 Å². The molecular formula is C24H34N2O5. The van der Waals surface area contributed by atoms with E-state index in [4.69, 9.17) is 9.47 Å². The monoisotopic (exact) mass is 430 g/mol. The van der Waals surface area contributed by atoms with Crippen LogP contribution in [0, 0.1) is 5.92 Å². The third kappa shape index (κ3) is 5.99. The smallest absolute Gasteiger partial charge is 0.408 e. The highest BCUT2D eigenvalue weighted by Gasteiger charge is 2.49. The van der Waals surface area contributed by atoms with Crippen LogP contribution < -0.4 is 5.32 Å². The standard InChI is InChI=1S/C24H34N2O5/c1-16(25-23(29)31-24(2,3)4)21(27)26-19-13-9-8-12-18(19)14-20(26)22(28)30-15-17-10-6-5-7-11-17/h5-7,10-11,16,18-20H,8-9,12-15H2,1-4H3,(H,25,29). The zero-order chi connectivity index (χ0) is 22.6. The molecule has 2 amide bonds. The number of ether oxygens (including phenoxy) is 2. The van der Waals surface area contributed by atoms with E-state index >= 15 is 0 Å². The minimum atomic E-state index is -0.792. The van der Waals surface area contributed by atoms with E-state index in [9.17, 15) is 14.4 Å². The van der Waals surface area contributed by atoms with Gasteiger partial charge in [-0.3, -0.25) is 4.79 Å². The molecule has 1 saturated carbocycles. The van der Waals surface area contributed by atoms with Crippen molar-refractivity contribution in [2.24, 2.45) is 5.92 Å². The van der Waals surface area contributed by atoms with Crippen molar-refractivity contribution >= 4 is 18.0 Å². The summed E-state index contributed by atoms with van der Waals surface area (Å²) >= 11 is 0. The topological polar surface area (TPSA) is 84.9 Å². The number of carbonyl (C=O) groups excluding carboxylic acids is 3. The van der Waals surface area contributed by atoms with Crippen LogP contribution in [0.5, 0.6) is 0 Å². The van der Waals surface area contributed by atoms with Crippen LogP contribution in [0.2, 0.25) is 0 Å². The fourth-order valence-corrected chi connectivity index (χ4v) is 4.58. The number of nitrogens with one attached hydrogen (secondary N) is 1. The maximum absolute atomic E-state index is 13.3. The molecule has 1 N–H and O–H groups in total. The first kappa shape index (κ1) is 23.1. The van der Waals surface area contributed by atoms with Crippen LogP contribution in [0.1, 0.15) is 65.4 Å². The van der Waals surface area contributed by atoms with Gasteiger partial charge in [-0.2, -0.15) is 0 Å². The van der Waals surface area contributed by atoms with Crippen molar-refractivity contribution in [2.45, 2.75) is 90.1 Å². The number of alkyl carbamates (subject to hydrolysis) is 1. The lowest BCUT2D eigenvalue weighted by molar-refractivity contribution is -0.156. The highest BCUT2D eigenvalue weighted by Crippen LogP contribution is 2.40. The number of benzene rings is 1. The summed E-state index contributed by atoms with van der Waals surface area (Å²) in [5.74, 6) is -0.348. The summed E-state index contributed by atoms with van der Waals surface area (Å²) < 4.78 is 10.9. The molecule has 7 nitrogen and oxygen atoms in total. The van der Waals surface area contributed by atoms with Gasteiger partial charge in [-0.05, 0) is 58.4 Å². The third-order valence-corrected chi connectivity index (χ3v) is 5.94. The van der Waals surface area contributed by atoms with E-state index in [2.05, 4.69) is 5.32 Å². The van der Waals surface area contributed by atoms with Crippen molar-refractivity contribution in [3.05, 3.63) is 35.9 Å². The Balaban J connectivity index is 1.69. The van der Waals surface area contributed by atoms with Crippen molar-refractivity contribution < 1.29 is 23.9 Å². The molecule has 2 fully saturated rings. The Bertz CT molecular complexity index is 789. The molecule has 4 atom stereocenters. The lowest BCUT2D eigenvalue weighted by atomic mass is 9.84. The number of amides is 2. The van der Waals surface area contributed by atoms with E-state index in [1.54, 1.807) is 32.6 Å². The van der Waals surface area contributed by atoms with Crippen molar-refractivity contribution in [3.63, 3.8) is 0 Å². The van der Waals surface area contributed by atoms with Gasteiger partial charge in [0, 0.05) is 6.04 Å². The molecule has 1 aromatic carbocycles. The number of esters is 1. The fourth-order valence-electron chi connectivity index (χ4n) is 4.58. The molecule has 31 heavy (non-hydrogen) atoms. The van der Waals surface area contributed by atoms with Crippen molar-refractivity contribution in [1.82, 2.24) is 10.2 Å². The molecule has 0 spiro atoms. The molecule has 1 aliphatic heterocycles. The van der Waals surface area contributed by atoms with Gasteiger partial charge in [0.25, 0.3) is 0 Å². The van der Waals surface area contributed by atoms with Crippen LogP contribution in [0.3, 0.4) is 0 Å². The lowest BCUT2D eigenvalue weighted by Gasteiger charge is -2.35. The zero-order valence-electron chi connectivity index (χ0n) is 18.9. The van der Waals surface area contributed by atoms with E-state index in [1.165, 1.54) is 0 Å². The van der Waals surface area contributed by atoms with Crippen molar-refractivity contribution in [3.8, 4) is 0 Å². The SMILES string of the molecule is CC(NC(=O)OC(C)(C)C)C(=O)N1C(C(=O)OCc2ccccc2)CC2CCCCC21. The van der Waals surface area contributed by atoms with E-state index in [1.807, 2.05) is 30.3 Å². The third-order valence-electron chi connectivity index (χ3n) is 5.94. The quantitative estimate of drug-likeness (QED) is 0.718. The van der Waals surface area contributed by atoms with Crippen LogP contribution in [0.15, 0.2) is 30.3 Å². The van der Waals surface area contributed by atoms with Gasteiger partial charge in [-0.15, -0.1) is 0 Å². The predicted molar refractivity (Wildman–Crippen MR) is 116 cm³/mol. The summed E-state index contributed by atoms with van der Waals surface area (Å²) in [6.45, 7) is 7.12. The van der Waals surface area contributed by atoms with Gasteiger partial charge < -0.3 is 19.7 Å². The van der Waals surface area contributed by atoms with E-state index in [0.29, 0.717) is 12.3 Å². The zero-order valence-corrected chi connectivity index (χ0v) is 18.9.